The van der Waals surface area contributed by atoms with Crippen LogP contribution in [-0.2, 0) is 0 Å². The van der Waals surface area contributed by atoms with Crippen LogP contribution >= 0.6 is 11.8 Å². The zero-order chi connectivity index (χ0) is 39.5. The monoisotopic (exact) mass is 791 g/mol. The van der Waals surface area contributed by atoms with Crippen molar-refractivity contribution in [1.29, 1.82) is 0 Å². The second-order valence-corrected chi connectivity index (χ2v) is 19.8. The summed E-state index contributed by atoms with van der Waals surface area (Å²) in [5.41, 5.74) is 0. The lowest BCUT2D eigenvalue weighted by atomic mass is 10.0. The number of rotatable bonds is 52. The minimum absolute atomic E-state index is 1.37. The third kappa shape index (κ3) is 54.4. The molecule has 0 spiro atoms. The summed E-state index contributed by atoms with van der Waals surface area (Å²) in [6.07, 6.45) is 74.1. The first-order chi connectivity index (χ1) is 27.4. The van der Waals surface area contributed by atoms with Gasteiger partial charge in [-0.2, -0.15) is 11.8 Å². The summed E-state index contributed by atoms with van der Waals surface area (Å²) in [7, 11) is 0. The van der Waals surface area contributed by atoms with Gasteiger partial charge >= 0.3 is 0 Å². The first kappa shape index (κ1) is 55.4. The SMILES string of the molecule is CCCCCCCCCCCCCCCCCCCCCCCCCCCCSCCCCCCCCCCCCCCCCCCCCCCCCCC. The molecule has 0 atom stereocenters. The first-order valence-electron chi connectivity index (χ1n) is 27.0. The summed E-state index contributed by atoms with van der Waals surface area (Å²) >= 11 is 2.24. The Kier molecular flexibility index (Phi) is 54.7. The van der Waals surface area contributed by atoms with Crippen molar-refractivity contribution in [2.75, 3.05) is 11.5 Å². The average Bonchev–Trinajstić information content (AvgIpc) is 3.20. The molecular weight excluding hydrogens is 681 g/mol. The number of thioether (sulfide) groups is 1. The molecule has 0 aliphatic heterocycles. The van der Waals surface area contributed by atoms with Crippen LogP contribution in [0.1, 0.15) is 335 Å². The summed E-state index contributed by atoms with van der Waals surface area (Å²) in [6, 6.07) is 0. The Morgan fingerprint density at radius 1 is 0.145 bits per heavy atom. The molecule has 55 heavy (non-hydrogen) atoms. The van der Waals surface area contributed by atoms with Gasteiger partial charge in [0.25, 0.3) is 0 Å². The Morgan fingerprint density at radius 3 is 0.382 bits per heavy atom. The van der Waals surface area contributed by atoms with Gasteiger partial charge in [0.15, 0.2) is 0 Å². The standard InChI is InChI=1S/C54H110S/c1-3-5-7-9-11-13-15-17-19-21-23-25-27-29-30-32-34-36-38-40-42-44-46-48-50-52-54-55-53-51-49-47-45-43-41-39-37-35-33-31-28-26-24-22-20-18-16-14-12-10-8-6-4-2/h3-54H2,1-2H3. The fraction of sp³-hybridized carbons (Fsp3) is 1.00. The molecule has 0 aliphatic rings. The molecule has 0 saturated carbocycles. The van der Waals surface area contributed by atoms with E-state index in [0.717, 1.165) is 0 Å². The molecule has 0 amide bonds. The molecule has 0 aromatic rings. The third-order valence-corrected chi connectivity index (χ3v) is 13.9. The van der Waals surface area contributed by atoms with Gasteiger partial charge in [-0.05, 0) is 24.3 Å². The highest BCUT2D eigenvalue weighted by Crippen LogP contribution is 2.19. The van der Waals surface area contributed by atoms with Crippen LogP contribution in [0.15, 0.2) is 0 Å². The van der Waals surface area contributed by atoms with E-state index in [-0.39, 0.29) is 0 Å². The van der Waals surface area contributed by atoms with E-state index in [1.807, 2.05) is 0 Å². The molecule has 1 heteroatoms. The number of hydrogen-bond donors (Lipinski definition) is 0. The molecule has 0 radical (unpaired) electrons. The second-order valence-electron chi connectivity index (χ2n) is 18.6. The van der Waals surface area contributed by atoms with E-state index in [1.54, 1.807) is 0 Å². The highest BCUT2D eigenvalue weighted by atomic mass is 32.2. The average molecular weight is 792 g/mol. The molecule has 0 fully saturated rings. The molecule has 0 nitrogen and oxygen atoms in total. The second kappa shape index (κ2) is 54.3. The zero-order valence-electron chi connectivity index (χ0n) is 39.2. The van der Waals surface area contributed by atoms with Crippen molar-refractivity contribution in [3.8, 4) is 0 Å². The van der Waals surface area contributed by atoms with Gasteiger partial charge < -0.3 is 0 Å². The Hall–Kier alpha value is 0.350. The molecular formula is C54H110S. The minimum atomic E-state index is 1.37. The topological polar surface area (TPSA) is 0 Å². The predicted molar refractivity (Wildman–Crippen MR) is 260 cm³/mol. The lowest BCUT2D eigenvalue weighted by molar-refractivity contribution is 0.516. The quantitative estimate of drug-likeness (QED) is 0.0553. The van der Waals surface area contributed by atoms with Crippen molar-refractivity contribution in [3.63, 3.8) is 0 Å². The van der Waals surface area contributed by atoms with E-state index < -0.39 is 0 Å². The molecule has 0 aromatic carbocycles. The molecule has 0 rings (SSSR count). The summed E-state index contributed by atoms with van der Waals surface area (Å²) in [5, 5.41) is 0. The van der Waals surface area contributed by atoms with E-state index in [0.29, 0.717) is 0 Å². The third-order valence-electron chi connectivity index (χ3n) is 12.8. The molecule has 0 bridgehead atoms. The van der Waals surface area contributed by atoms with Crippen molar-refractivity contribution in [2.24, 2.45) is 0 Å². The van der Waals surface area contributed by atoms with Crippen LogP contribution in [0.5, 0.6) is 0 Å². The summed E-state index contributed by atoms with van der Waals surface area (Å²) < 4.78 is 0. The minimum Gasteiger partial charge on any atom is -0.162 e. The molecule has 0 saturated heterocycles. The molecule has 0 heterocycles. The van der Waals surface area contributed by atoms with Crippen LogP contribution in [0.4, 0.5) is 0 Å². The van der Waals surface area contributed by atoms with Crippen LogP contribution in [0.3, 0.4) is 0 Å². The van der Waals surface area contributed by atoms with E-state index in [1.165, 1.54) is 333 Å². The fourth-order valence-corrected chi connectivity index (χ4v) is 9.81. The Morgan fingerprint density at radius 2 is 0.255 bits per heavy atom. The molecule has 332 valence electrons. The summed E-state index contributed by atoms with van der Waals surface area (Å²) in [5.74, 6) is 2.83. The van der Waals surface area contributed by atoms with Crippen LogP contribution in [-0.4, -0.2) is 11.5 Å². The lowest BCUT2D eigenvalue weighted by Crippen LogP contribution is -1.87. The van der Waals surface area contributed by atoms with Crippen LogP contribution in [0.2, 0.25) is 0 Å². The van der Waals surface area contributed by atoms with Gasteiger partial charge in [-0.3, -0.25) is 0 Å². The first-order valence-corrected chi connectivity index (χ1v) is 28.1. The summed E-state index contributed by atoms with van der Waals surface area (Å²) in [6.45, 7) is 4.63. The van der Waals surface area contributed by atoms with Gasteiger partial charge in [-0.15, -0.1) is 0 Å². The fourth-order valence-electron chi connectivity index (χ4n) is 8.79. The van der Waals surface area contributed by atoms with Gasteiger partial charge in [0, 0.05) is 0 Å². The van der Waals surface area contributed by atoms with E-state index >= 15 is 0 Å². The number of hydrogen-bond acceptors (Lipinski definition) is 1. The Labute approximate surface area is 356 Å². The number of unbranched alkanes of at least 4 members (excludes halogenated alkanes) is 48. The van der Waals surface area contributed by atoms with E-state index in [2.05, 4.69) is 25.6 Å². The van der Waals surface area contributed by atoms with E-state index in [4.69, 9.17) is 0 Å². The van der Waals surface area contributed by atoms with Gasteiger partial charge in [0.1, 0.15) is 0 Å². The van der Waals surface area contributed by atoms with Crippen LogP contribution in [0.25, 0.3) is 0 Å². The molecule has 0 aliphatic carbocycles. The predicted octanol–water partition coefficient (Wildman–Crippen LogP) is 21.3. The Balaban J connectivity index is 3.05. The molecule has 0 unspecified atom stereocenters. The van der Waals surface area contributed by atoms with Crippen molar-refractivity contribution < 1.29 is 0 Å². The molecule has 0 aromatic heterocycles. The van der Waals surface area contributed by atoms with Crippen molar-refractivity contribution in [2.45, 2.75) is 335 Å². The normalized spacial score (nSPS) is 11.7. The molecule has 0 N–H and O–H groups in total. The smallest absolute Gasteiger partial charge is 0.00675 e. The maximum absolute atomic E-state index is 2.31. The highest BCUT2D eigenvalue weighted by molar-refractivity contribution is 7.99. The maximum atomic E-state index is 2.31. The van der Waals surface area contributed by atoms with Gasteiger partial charge in [-0.1, -0.05) is 322 Å². The van der Waals surface area contributed by atoms with E-state index in [9.17, 15) is 0 Å². The zero-order valence-corrected chi connectivity index (χ0v) is 40.0. The lowest BCUT2D eigenvalue weighted by Gasteiger charge is -2.05. The van der Waals surface area contributed by atoms with Gasteiger partial charge in [0.2, 0.25) is 0 Å². The van der Waals surface area contributed by atoms with Crippen molar-refractivity contribution in [1.82, 2.24) is 0 Å². The summed E-state index contributed by atoms with van der Waals surface area (Å²) in [4.78, 5) is 0. The largest absolute Gasteiger partial charge is 0.162 e. The van der Waals surface area contributed by atoms with Gasteiger partial charge in [0.05, 0.1) is 0 Å². The Bertz CT molecular complexity index is 562. The van der Waals surface area contributed by atoms with Crippen molar-refractivity contribution in [3.05, 3.63) is 0 Å². The van der Waals surface area contributed by atoms with Crippen molar-refractivity contribution >= 4 is 11.8 Å². The van der Waals surface area contributed by atoms with Gasteiger partial charge in [-0.25, -0.2) is 0 Å². The maximum Gasteiger partial charge on any atom is -0.00675 e. The van der Waals surface area contributed by atoms with Crippen LogP contribution in [0, 0.1) is 0 Å². The highest BCUT2D eigenvalue weighted by Gasteiger charge is 1.99. The van der Waals surface area contributed by atoms with Crippen LogP contribution < -0.4 is 0 Å².